The molecule has 1 aliphatic heterocycles. The molecule has 2 unspecified atom stereocenters. The zero-order chi connectivity index (χ0) is 15.4. The minimum absolute atomic E-state index is 0.202. The molecule has 1 aromatic rings. The van der Waals surface area contributed by atoms with E-state index in [9.17, 15) is 5.11 Å². The number of aliphatic hydroxyl groups is 1. The normalized spacial score (nSPS) is 22.9. The zero-order valence-electron chi connectivity index (χ0n) is 13.9. The van der Waals surface area contributed by atoms with Crippen LogP contribution in [0.1, 0.15) is 38.3 Å². The summed E-state index contributed by atoms with van der Waals surface area (Å²) in [6, 6.07) is 6.68. The van der Waals surface area contributed by atoms with Crippen LogP contribution in [-0.4, -0.2) is 30.8 Å². The van der Waals surface area contributed by atoms with Crippen LogP contribution in [0.25, 0.3) is 0 Å². The van der Waals surface area contributed by atoms with Crippen LogP contribution in [0.15, 0.2) is 18.2 Å². The van der Waals surface area contributed by atoms with Gasteiger partial charge in [0.15, 0.2) is 0 Å². The van der Waals surface area contributed by atoms with E-state index >= 15 is 0 Å². The fourth-order valence-corrected chi connectivity index (χ4v) is 2.85. The Morgan fingerprint density at radius 1 is 1.38 bits per heavy atom. The molecule has 21 heavy (non-hydrogen) atoms. The van der Waals surface area contributed by atoms with Crippen LogP contribution in [-0.2, 0) is 6.54 Å². The van der Waals surface area contributed by atoms with Crippen LogP contribution in [0.4, 0.5) is 5.69 Å². The molecule has 0 aromatic heterocycles. The lowest BCUT2D eigenvalue weighted by Crippen LogP contribution is -2.42. The molecule has 0 saturated carbocycles. The molecule has 3 nitrogen and oxygen atoms in total. The van der Waals surface area contributed by atoms with E-state index < -0.39 is 0 Å². The van der Waals surface area contributed by atoms with E-state index in [4.69, 9.17) is 0 Å². The lowest BCUT2D eigenvalue weighted by molar-refractivity contribution is 0.103. The predicted molar refractivity (Wildman–Crippen MR) is 89.7 cm³/mol. The van der Waals surface area contributed by atoms with Gasteiger partial charge in [-0.1, -0.05) is 26.8 Å². The number of β-amino-alcohol motifs (C(OH)–C–C–N with tert-alkyl or cyclic N) is 1. The van der Waals surface area contributed by atoms with Gasteiger partial charge >= 0.3 is 0 Å². The van der Waals surface area contributed by atoms with E-state index in [1.807, 2.05) is 0 Å². The standard InChI is InChI=1S/C18H30N2O/c1-13(2)10-19-11-16-5-6-17(9-15(16)4)20-8-7-14(3)18(21)12-20/h5-6,9,13-14,18-19,21H,7-8,10-12H2,1-4H3. The van der Waals surface area contributed by atoms with Crippen LogP contribution in [0.3, 0.4) is 0 Å². The lowest BCUT2D eigenvalue weighted by atomic mass is 9.95. The molecular formula is C18H30N2O. The Balaban J connectivity index is 1.98. The van der Waals surface area contributed by atoms with Crippen molar-refractivity contribution in [3.8, 4) is 0 Å². The second kappa shape index (κ2) is 7.28. The number of aryl methyl sites for hydroxylation is 1. The topological polar surface area (TPSA) is 35.5 Å². The van der Waals surface area contributed by atoms with Gasteiger partial charge in [-0.05, 0) is 55.0 Å². The maximum atomic E-state index is 10.0. The molecule has 1 aliphatic rings. The minimum Gasteiger partial charge on any atom is -0.391 e. The summed E-state index contributed by atoms with van der Waals surface area (Å²) in [5, 5.41) is 13.5. The Morgan fingerprint density at radius 3 is 2.76 bits per heavy atom. The van der Waals surface area contributed by atoms with Crippen molar-refractivity contribution in [2.45, 2.75) is 46.8 Å². The Labute approximate surface area is 129 Å². The zero-order valence-corrected chi connectivity index (χ0v) is 13.9. The van der Waals surface area contributed by atoms with Gasteiger partial charge in [0.2, 0.25) is 0 Å². The molecule has 0 aliphatic carbocycles. The average molecular weight is 290 g/mol. The van der Waals surface area contributed by atoms with Gasteiger partial charge in [0, 0.05) is 25.3 Å². The van der Waals surface area contributed by atoms with E-state index in [0.29, 0.717) is 11.8 Å². The number of benzene rings is 1. The quantitative estimate of drug-likeness (QED) is 0.875. The SMILES string of the molecule is Cc1cc(N2CCC(C)C(O)C2)ccc1CNCC(C)C. The highest BCUT2D eigenvalue weighted by Crippen LogP contribution is 2.25. The Hall–Kier alpha value is -1.06. The molecule has 1 fully saturated rings. The molecule has 0 radical (unpaired) electrons. The summed E-state index contributed by atoms with van der Waals surface area (Å²) in [7, 11) is 0. The van der Waals surface area contributed by atoms with Gasteiger partial charge in [0.05, 0.1) is 6.10 Å². The Bertz CT molecular complexity index is 459. The highest BCUT2D eigenvalue weighted by molar-refractivity contribution is 5.51. The first-order valence-corrected chi connectivity index (χ1v) is 8.20. The van der Waals surface area contributed by atoms with E-state index in [0.717, 1.165) is 32.6 Å². The van der Waals surface area contributed by atoms with Gasteiger partial charge in [-0.2, -0.15) is 0 Å². The van der Waals surface area contributed by atoms with Crippen molar-refractivity contribution >= 4 is 5.69 Å². The van der Waals surface area contributed by atoms with E-state index in [-0.39, 0.29) is 6.10 Å². The summed E-state index contributed by atoms with van der Waals surface area (Å²) in [4.78, 5) is 2.31. The largest absolute Gasteiger partial charge is 0.391 e. The summed E-state index contributed by atoms with van der Waals surface area (Å²) in [6.45, 7) is 12.6. The van der Waals surface area contributed by atoms with Gasteiger partial charge in [0.1, 0.15) is 0 Å². The van der Waals surface area contributed by atoms with Crippen molar-refractivity contribution in [2.75, 3.05) is 24.5 Å². The van der Waals surface area contributed by atoms with Crippen LogP contribution in [0.5, 0.6) is 0 Å². The van der Waals surface area contributed by atoms with Gasteiger partial charge in [-0.15, -0.1) is 0 Å². The Kier molecular flexibility index (Phi) is 5.65. The molecule has 0 bridgehead atoms. The van der Waals surface area contributed by atoms with E-state index in [2.05, 4.69) is 56.1 Å². The first-order valence-electron chi connectivity index (χ1n) is 8.20. The average Bonchev–Trinajstić information content (AvgIpc) is 2.43. The molecule has 0 amide bonds. The molecule has 1 saturated heterocycles. The van der Waals surface area contributed by atoms with Crippen molar-refractivity contribution in [1.82, 2.24) is 5.32 Å². The summed E-state index contributed by atoms with van der Waals surface area (Å²) in [5.74, 6) is 1.10. The smallest absolute Gasteiger partial charge is 0.0741 e. The third kappa shape index (κ3) is 4.45. The number of hydrogen-bond acceptors (Lipinski definition) is 3. The molecule has 1 heterocycles. The first-order chi connectivity index (χ1) is 9.97. The second-order valence-electron chi connectivity index (χ2n) is 6.91. The van der Waals surface area contributed by atoms with Crippen molar-refractivity contribution in [3.63, 3.8) is 0 Å². The van der Waals surface area contributed by atoms with Crippen molar-refractivity contribution < 1.29 is 5.11 Å². The number of hydrogen-bond donors (Lipinski definition) is 2. The van der Waals surface area contributed by atoms with Crippen LogP contribution < -0.4 is 10.2 Å². The summed E-state index contributed by atoms with van der Waals surface area (Å²) >= 11 is 0. The van der Waals surface area contributed by atoms with E-state index in [1.54, 1.807) is 0 Å². The third-order valence-electron chi connectivity index (χ3n) is 4.48. The summed E-state index contributed by atoms with van der Waals surface area (Å²) in [6.07, 6.45) is 0.865. The van der Waals surface area contributed by atoms with Gasteiger partial charge in [0.25, 0.3) is 0 Å². The van der Waals surface area contributed by atoms with Crippen LogP contribution in [0, 0.1) is 18.8 Å². The predicted octanol–water partition coefficient (Wildman–Crippen LogP) is 2.95. The molecule has 3 heteroatoms. The molecule has 2 atom stereocenters. The summed E-state index contributed by atoms with van der Waals surface area (Å²) < 4.78 is 0. The van der Waals surface area contributed by atoms with Crippen LogP contribution in [0.2, 0.25) is 0 Å². The highest BCUT2D eigenvalue weighted by Gasteiger charge is 2.24. The maximum Gasteiger partial charge on any atom is 0.0741 e. The molecule has 2 rings (SSSR count). The lowest BCUT2D eigenvalue weighted by Gasteiger charge is -2.36. The molecular weight excluding hydrogens is 260 g/mol. The third-order valence-corrected chi connectivity index (χ3v) is 4.48. The monoisotopic (exact) mass is 290 g/mol. The highest BCUT2D eigenvalue weighted by atomic mass is 16.3. The number of nitrogens with zero attached hydrogens (tertiary/aromatic N) is 1. The fraction of sp³-hybridized carbons (Fsp3) is 0.667. The van der Waals surface area contributed by atoms with Crippen molar-refractivity contribution in [3.05, 3.63) is 29.3 Å². The molecule has 2 N–H and O–H groups in total. The minimum atomic E-state index is -0.202. The number of anilines is 1. The van der Waals surface area contributed by atoms with Crippen LogP contribution >= 0.6 is 0 Å². The Morgan fingerprint density at radius 2 is 2.14 bits per heavy atom. The van der Waals surface area contributed by atoms with Gasteiger partial charge in [-0.3, -0.25) is 0 Å². The van der Waals surface area contributed by atoms with Gasteiger partial charge < -0.3 is 15.3 Å². The second-order valence-corrected chi connectivity index (χ2v) is 6.91. The van der Waals surface area contributed by atoms with Crippen molar-refractivity contribution in [1.29, 1.82) is 0 Å². The number of aliphatic hydroxyl groups excluding tert-OH is 1. The first kappa shape index (κ1) is 16.3. The van der Waals surface area contributed by atoms with Gasteiger partial charge in [-0.25, -0.2) is 0 Å². The molecule has 118 valence electrons. The molecule has 1 aromatic carbocycles. The number of piperidine rings is 1. The summed E-state index contributed by atoms with van der Waals surface area (Å²) in [5.41, 5.74) is 3.94. The van der Waals surface area contributed by atoms with E-state index in [1.165, 1.54) is 16.8 Å². The maximum absolute atomic E-state index is 10.0. The molecule has 0 spiro atoms. The number of nitrogens with one attached hydrogen (secondary N) is 1. The number of rotatable bonds is 5. The fourth-order valence-electron chi connectivity index (χ4n) is 2.85. The van der Waals surface area contributed by atoms with Crippen molar-refractivity contribution in [2.24, 2.45) is 11.8 Å².